The predicted molar refractivity (Wildman–Crippen MR) is 117 cm³/mol. The van der Waals surface area contributed by atoms with Crippen LogP contribution in [0.2, 0.25) is 0 Å². The number of alkyl halides is 3. The number of hydrogen-bond acceptors (Lipinski definition) is 5. The second kappa shape index (κ2) is 7.86. The van der Waals surface area contributed by atoms with E-state index in [1.807, 2.05) is 12.1 Å². The third-order valence-corrected chi connectivity index (χ3v) is 7.03. The van der Waals surface area contributed by atoms with Crippen LogP contribution in [0.5, 0.6) is 0 Å². The van der Waals surface area contributed by atoms with E-state index in [1.165, 1.54) is 19.2 Å². The average molecular weight is 558 g/mol. The van der Waals surface area contributed by atoms with Crippen LogP contribution in [0, 0.1) is 3.57 Å². The summed E-state index contributed by atoms with van der Waals surface area (Å²) < 4.78 is 67.5. The predicted octanol–water partition coefficient (Wildman–Crippen LogP) is 4.88. The first-order chi connectivity index (χ1) is 14.6. The van der Waals surface area contributed by atoms with Gasteiger partial charge in [0.05, 0.1) is 21.9 Å². The second-order valence-corrected chi connectivity index (χ2v) is 10.1. The molecular formula is C20H14F3IN4O2S. The minimum Gasteiger partial charge on any atom is -0.306 e. The Morgan fingerprint density at radius 2 is 1.87 bits per heavy atom. The molecule has 0 aliphatic rings. The Bertz CT molecular complexity index is 1400. The van der Waals surface area contributed by atoms with Crippen LogP contribution in [-0.2, 0) is 16.0 Å². The zero-order valence-corrected chi connectivity index (χ0v) is 18.9. The van der Waals surface area contributed by atoms with Gasteiger partial charge in [0.2, 0.25) is 0 Å². The van der Waals surface area contributed by atoms with E-state index in [0.717, 1.165) is 21.9 Å². The van der Waals surface area contributed by atoms with E-state index < -0.39 is 21.6 Å². The monoisotopic (exact) mass is 558 g/mol. The number of aromatic nitrogens is 4. The summed E-state index contributed by atoms with van der Waals surface area (Å²) in [7, 11) is -3.75. The van der Waals surface area contributed by atoms with Gasteiger partial charge in [-0.3, -0.25) is 9.97 Å². The normalized spacial score (nSPS) is 12.4. The molecule has 4 aromatic heterocycles. The van der Waals surface area contributed by atoms with Gasteiger partial charge >= 0.3 is 6.18 Å². The summed E-state index contributed by atoms with van der Waals surface area (Å²) in [5, 5.41) is 0. The van der Waals surface area contributed by atoms with Crippen LogP contribution in [-0.4, -0.2) is 33.5 Å². The number of fused-ring (bicyclic) bond motifs is 1. The van der Waals surface area contributed by atoms with Crippen molar-refractivity contribution in [3.63, 3.8) is 0 Å². The molecule has 31 heavy (non-hydrogen) atoms. The van der Waals surface area contributed by atoms with Crippen molar-refractivity contribution in [3.05, 3.63) is 64.3 Å². The lowest BCUT2D eigenvalue weighted by Gasteiger charge is -2.11. The molecule has 4 heterocycles. The highest BCUT2D eigenvalue weighted by Gasteiger charge is 2.31. The Balaban J connectivity index is 1.90. The van der Waals surface area contributed by atoms with Gasteiger partial charge in [-0.2, -0.15) is 13.2 Å². The molecule has 0 bridgehead atoms. The third-order valence-electron chi connectivity index (χ3n) is 4.62. The minimum atomic E-state index is -4.54. The van der Waals surface area contributed by atoms with E-state index in [1.54, 1.807) is 16.8 Å². The van der Waals surface area contributed by atoms with Crippen LogP contribution in [0.25, 0.3) is 28.3 Å². The zero-order valence-electron chi connectivity index (χ0n) is 15.9. The SMILES string of the molecule is CCS(=O)(=O)c1cc(-c2cc(C(F)(F)F)ccn2)cnc1-c1cn2ccc(I)cc2n1. The van der Waals surface area contributed by atoms with Gasteiger partial charge in [0.25, 0.3) is 0 Å². The first-order valence-electron chi connectivity index (χ1n) is 8.99. The van der Waals surface area contributed by atoms with Crippen molar-refractivity contribution in [1.82, 2.24) is 19.4 Å². The van der Waals surface area contributed by atoms with Crippen LogP contribution in [0.4, 0.5) is 13.2 Å². The van der Waals surface area contributed by atoms with Crippen molar-refractivity contribution < 1.29 is 21.6 Å². The zero-order chi connectivity index (χ0) is 22.4. The summed E-state index contributed by atoms with van der Waals surface area (Å²) >= 11 is 2.14. The summed E-state index contributed by atoms with van der Waals surface area (Å²) in [6.45, 7) is 1.49. The number of halogens is 4. The molecule has 0 radical (unpaired) electrons. The first-order valence-corrected chi connectivity index (χ1v) is 11.7. The highest BCUT2D eigenvalue weighted by Crippen LogP contribution is 2.33. The molecule has 0 spiro atoms. The van der Waals surface area contributed by atoms with E-state index >= 15 is 0 Å². The molecular weight excluding hydrogens is 544 g/mol. The Morgan fingerprint density at radius 3 is 2.58 bits per heavy atom. The van der Waals surface area contributed by atoms with Gasteiger partial charge in [0.1, 0.15) is 17.0 Å². The van der Waals surface area contributed by atoms with Crippen molar-refractivity contribution in [2.75, 3.05) is 5.75 Å². The summed E-state index contributed by atoms with van der Waals surface area (Å²) in [6, 6.07) is 6.73. The average Bonchev–Trinajstić information content (AvgIpc) is 3.16. The van der Waals surface area contributed by atoms with E-state index in [-0.39, 0.29) is 27.6 Å². The molecule has 4 aromatic rings. The third kappa shape index (κ3) is 4.28. The Labute approximate surface area is 189 Å². The van der Waals surface area contributed by atoms with Crippen molar-refractivity contribution in [2.45, 2.75) is 18.0 Å². The standard InChI is InChI=1S/C20H14F3IN4O2S/c1-2-31(29,30)17-7-12(15-8-13(3-5-25-15)20(21,22)23)10-26-19(17)16-11-28-6-4-14(24)9-18(28)27-16/h3-11H,2H2,1H3. The number of sulfone groups is 1. The minimum absolute atomic E-state index is 0.0222. The lowest BCUT2D eigenvalue weighted by atomic mass is 10.1. The van der Waals surface area contributed by atoms with Gasteiger partial charge in [0, 0.05) is 33.9 Å². The molecule has 0 aromatic carbocycles. The topological polar surface area (TPSA) is 77.2 Å². The highest BCUT2D eigenvalue weighted by molar-refractivity contribution is 14.1. The maximum absolute atomic E-state index is 13.1. The fourth-order valence-electron chi connectivity index (χ4n) is 3.01. The lowest BCUT2D eigenvalue weighted by molar-refractivity contribution is -0.137. The molecule has 0 saturated heterocycles. The van der Waals surface area contributed by atoms with Gasteiger partial charge in [-0.25, -0.2) is 13.4 Å². The Kier molecular flexibility index (Phi) is 5.50. The molecule has 0 fully saturated rings. The molecule has 0 unspecified atom stereocenters. The second-order valence-electron chi connectivity index (χ2n) is 6.64. The highest BCUT2D eigenvalue weighted by atomic mass is 127. The summed E-state index contributed by atoms with van der Waals surface area (Å²) in [6.07, 6.45) is 1.24. The Hall–Kier alpha value is -2.54. The smallest absolute Gasteiger partial charge is 0.306 e. The van der Waals surface area contributed by atoms with Gasteiger partial charge in [-0.15, -0.1) is 0 Å². The molecule has 6 nitrogen and oxygen atoms in total. The van der Waals surface area contributed by atoms with Crippen molar-refractivity contribution >= 4 is 38.1 Å². The largest absolute Gasteiger partial charge is 0.416 e. The van der Waals surface area contributed by atoms with Gasteiger partial charge in [0.15, 0.2) is 9.84 Å². The van der Waals surface area contributed by atoms with Crippen molar-refractivity contribution in [1.29, 1.82) is 0 Å². The maximum atomic E-state index is 13.1. The molecule has 0 atom stereocenters. The van der Waals surface area contributed by atoms with Crippen molar-refractivity contribution in [2.24, 2.45) is 0 Å². The molecule has 11 heteroatoms. The molecule has 0 saturated carbocycles. The maximum Gasteiger partial charge on any atom is 0.416 e. The molecule has 160 valence electrons. The number of hydrogen-bond donors (Lipinski definition) is 0. The van der Waals surface area contributed by atoms with Crippen LogP contribution < -0.4 is 0 Å². The lowest BCUT2D eigenvalue weighted by Crippen LogP contribution is -2.08. The Morgan fingerprint density at radius 1 is 1.10 bits per heavy atom. The number of nitrogens with zero attached hydrogens (tertiary/aromatic N) is 4. The van der Waals surface area contributed by atoms with Gasteiger partial charge in [-0.05, 0) is 52.9 Å². The summed E-state index contributed by atoms with van der Waals surface area (Å²) in [4.78, 5) is 12.6. The summed E-state index contributed by atoms with van der Waals surface area (Å²) in [5.74, 6) is -0.202. The molecule has 0 aliphatic carbocycles. The fraction of sp³-hybridized carbons (Fsp3) is 0.150. The van der Waals surface area contributed by atoms with Crippen molar-refractivity contribution in [3.8, 4) is 22.6 Å². The summed E-state index contributed by atoms with van der Waals surface area (Å²) in [5.41, 5.74) is 0.364. The van der Waals surface area contributed by atoms with E-state index in [9.17, 15) is 21.6 Å². The van der Waals surface area contributed by atoms with E-state index in [2.05, 4.69) is 37.5 Å². The van der Waals surface area contributed by atoms with Crippen LogP contribution >= 0.6 is 22.6 Å². The number of rotatable bonds is 4. The fourth-order valence-corrected chi connectivity index (χ4v) is 4.51. The van der Waals surface area contributed by atoms with Crippen LogP contribution in [0.3, 0.4) is 0 Å². The van der Waals surface area contributed by atoms with Gasteiger partial charge < -0.3 is 4.40 Å². The number of pyridine rings is 3. The van der Waals surface area contributed by atoms with E-state index in [0.29, 0.717) is 11.3 Å². The quantitative estimate of drug-likeness (QED) is 0.334. The van der Waals surface area contributed by atoms with Gasteiger partial charge in [-0.1, -0.05) is 6.92 Å². The van der Waals surface area contributed by atoms with Crippen LogP contribution in [0.1, 0.15) is 12.5 Å². The van der Waals surface area contributed by atoms with E-state index in [4.69, 9.17) is 0 Å². The molecule has 0 amide bonds. The number of imidazole rings is 1. The van der Waals surface area contributed by atoms with Crippen LogP contribution in [0.15, 0.2) is 60.0 Å². The first kappa shape index (κ1) is 21.7. The molecule has 0 aliphatic heterocycles. The molecule has 4 rings (SSSR count). The molecule has 0 N–H and O–H groups in total.